The molecule has 0 bridgehead atoms. The summed E-state index contributed by atoms with van der Waals surface area (Å²) >= 11 is 0. The summed E-state index contributed by atoms with van der Waals surface area (Å²) in [6.45, 7) is 9.71. The number of nitrogens with zero attached hydrogens (tertiary/aromatic N) is 1. The number of carbonyl (C=O) groups excluding carboxylic acids is 1. The minimum Gasteiger partial charge on any atom is -0.444 e. The van der Waals surface area contributed by atoms with Crippen LogP contribution in [0, 0.1) is 0 Å². The highest BCUT2D eigenvalue weighted by atomic mass is 16.6. The lowest BCUT2D eigenvalue weighted by Crippen LogP contribution is -2.44. The first kappa shape index (κ1) is 17.2. The van der Waals surface area contributed by atoms with Crippen molar-refractivity contribution in [2.75, 3.05) is 19.7 Å². The molecule has 0 fully saturated rings. The number of aliphatic hydroxyl groups is 1. The van der Waals surface area contributed by atoms with Gasteiger partial charge in [0.2, 0.25) is 0 Å². The van der Waals surface area contributed by atoms with E-state index >= 15 is 0 Å². The fourth-order valence-electron chi connectivity index (χ4n) is 1.26. The van der Waals surface area contributed by atoms with Crippen LogP contribution in [0.4, 0.5) is 4.79 Å². The molecule has 0 aliphatic carbocycles. The second-order valence-electron chi connectivity index (χ2n) is 5.37. The van der Waals surface area contributed by atoms with Gasteiger partial charge in [0.15, 0.2) is 6.29 Å². The van der Waals surface area contributed by atoms with Gasteiger partial charge in [-0.15, -0.1) is 0 Å². The summed E-state index contributed by atoms with van der Waals surface area (Å²) in [7, 11) is 0. The van der Waals surface area contributed by atoms with Crippen molar-refractivity contribution in [1.29, 1.82) is 0 Å². The molecule has 0 aromatic rings. The maximum Gasteiger partial charge on any atom is 0.410 e. The van der Waals surface area contributed by atoms with Crippen LogP contribution in [-0.4, -0.2) is 53.7 Å². The number of hydrogen-bond donors (Lipinski definition) is 2. The van der Waals surface area contributed by atoms with E-state index in [0.29, 0.717) is 13.1 Å². The summed E-state index contributed by atoms with van der Waals surface area (Å²) in [5, 5.41) is 8.99. The molecular formula is C12H26N2O4. The molecule has 108 valence electrons. The lowest BCUT2D eigenvalue weighted by molar-refractivity contribution is -0.0898. The molecule has 0 radical (unpaired) electrons. The Bertz CT molecular complexity index is 249. The molecule has 0 spiro atoms. The monoisotopic (exact) mass is 262 g/mol. The van der Waals surface area contributed by atoms with E-state index in [1.165, 1.54) is 11.8 Å². The summed E-state index contributed by atoms with van der Waals surface area (Å²) in [4.78, 5) is 13.4. The molecule has 0 saturated heterocycles. The van der Waals surface area contributed by atoms with Crippen molar-refractivity contribution < 1.29 is 19.4 Å². The van der Waals surface area contributed by atoms with Gasteiger partial charge < -0.3 is 25.2 Å². The highest BCUT2D eigenvalue weighted by Crippen LogP contribution is 2.10. The van der Waals surface area contributed by atoms with Crippen LogP contribution in [0.15, 0.2) is 0 Å². The van der Waals surface area contributed by atoms with Crippen molar-refractivity contribution in [3.05, 3.63) is 0 Å². The number of nitrogens with two attached hydrogens (primary N) is 1. The van der Waals surface area contributed by atoms with Gasteiger partial charge in [-0.2, -0.15) is 0 Å². The molecule has 6 heteroatoms. The average molecular weight is 262 g/mol. The first-order valence-electron chi connectivity index (χ1n) is 6.15. The summed E-state index contributed by atoms with van der Waals surface area (Å²) in [5.41, 5.74) is 5.14. The van der Waals surface area contributed by atoms with Gasteiger partial charge in [0.1, 0.15) is 5.60 Å². The van der Waals surface area contributed by atoms with E-state index in [1.807, 2.05) is 6.92 Å². The number of rotatable bonds is 6. The molecular weight excluding hydrogens is 236 g/mol. The molecule has 0 aromatic heterocycles. The fraction of sp³-hybridized carbons (Fsp3) is 0.917. The van der Waals surface area contributed by atoms with Gasteiger partial charge in [-0.3, -0.25) is 0 Å². The molecule has 0 rings (SSSR count). The second kappa shape index (κ2) is 7.56. The number of ether oxygens (including phenoxy) is 2. The number of aliphatic hydroxyl groups excluding tert-OH is 1. The molecule has 2 unspecified atom stereocenters. The maximum atomic E-state index is 11.9. The van der Waals surface area contributed by atoms with Gasteiger partial charge in [0, 0.05) is 19.1 Å². The first-order chi connectivity index (χ1) is 8.11. The van der Waals surface area contributed by atoms with E-state index in [9.17, 15) is 4.79 Å². The quantitative estimate of drug-likeness (QED) is 0.695. The lowest BCUT2D eigenvalue weighted by Gasteiger charge is -2.28. The van der Waals surface area contributed by atoms with Gasteiger partial charge in [-0.1, -0.05) is 0 Å². The summed E-state index contributed by atoms with van der Waals surface area (Å²) < 4.78 is 10.3. The smallest absolute Gasteiger partial charge is 0.410 e. The third-order valence-corrected chi connectivity index (χ3v) is 1.88. The van der Waals surface area contributed by atoms with Crippen LogP contribution in [0.1, 0.15) is 34.6 Å². The molecule has 1 amide bonds. The van der Waals surface area contributed by atoms with E-state index in [2.05, 4.69) is 0 Å². The molecule has 0 aliphatic rings. The Labute approximate surface area is 109 Å². The minimum atomic E-state index is -0.846. The predicted octanol–water partition coefficient (Wildman–Crippen LogP) is 0.926. The number of hydrogen-bond acceptors (Lipinski definition) is 5. The van der Waals surface area contributed by atoms with Crippen LogP contribution in [0.5, 0.6) is 0 Å². The van der Waals surface area contributed by atoms with Crippen molar-refractivity contribution in [2.24, 2.45) is 5.73 Å². The van der Waals surface area contributed by atoms with E-state index in [0.717, 1.165) is 0 Å². The van der Waals surface area contributed by atoms with Gasteiger partial charge in [-0.25, -0.2) is 4.79 Å². The Morgan fingerprint density at radius 2 is 1.94 bits per heavy atom. The van der Waals surface area contributed by atoms with E-state index < -0.39 is 18.0 Å². The molecule has 0 aromatic carbocycles. The molecule has 0 aliphatic heterocycles. The van der Waals surface area contributed by atoms with Crippen LogP contribution in [-0.2, 0) is 9.47 Å². The molecule has 6 nitrogen and oxygen atoms in total. The summed E-state index contributed by atoms with van der Waals surface area (Å²) in [5.74, 6) is 0. The molecule has 3 N–H and O–H groups in total. The van der Waals surface area contributed by atoms with Crippen LogP contribution < -0.4 is 5.73 Å². The standard InChI is InChI=1S/C12H26N2O4/c1-9(13)8-14(6-7-17-10(2)15)11(16)18-12(3,4)5/h9-10,15H,6-8,13H2,1-5H3. The number of amides is 1. The Morgan fingerprint density at radius 1 is 1.39 bits per heavy atom. The van der Waals surface area contributed by atoms with Crippen molar-refractivity contribution in [1.82, 2.24) is 4.90 Å². The lowest BCUT2D eigenvalue weighted by atomic mass is 10.2. The van der Waals surface area contributed by atoms with Gasteiger partial charge in [0.25, 0.3) is 0 Å². The zero-order chi connectivity index (χ0) is 14.3. The van der Waals surface area contributed by atoms with Crippen molar-refractivity contribution in [3.63, 3.8) is 0 Å². The van der Waals surface area contributed by atoms with E-state index in [4.69, 9.17) is 20.3 Å². The Hall–Kier alpha value is -0.850. The zero-order valence-electron chi connectivity index (χ0n) is 12.0. The van der Waals surface area contributed by atoms with Crippen LogP contribution in [0.3, 0.4) is 0 Å². The van der Waals surface area contributed by atoms with E-state index in [1.54, 1.807) is 20.8 Å². The third kappa shape index (κ3) is 9.21. The second-order valence-corrected chi connectivity index (χ2v) is 5.37. The average Bonchev–Trinajstić information content (AvgIpc) is 2.12. The Morgan fingerprint density at radius 3 is 2.33 bits per heavy atom. The van der Waals surface area contributed by atoms with Gasteiger partial charge in [-0.05, 0) is 34.6 Å². The third-order valence-electron chi connectivity index (χ3n) is 1.88. The first-order valence-corrected chi connectivity index (χ1v) is 6.15. The summed E-state index contributed by atoms with van der Waals surface area (Å²) in [6, 6.07) is -0.149. The topological polar surface area (TPSA) is 85.0 Å². The maximum absolute atomic E-state index is 11.9. The molecule has 0 saturated carbocycles. The molecule has 18 heavy (non-hydrogen) atoms. The van der Waals surface area contributed by atoms with Crippen molar-refractivity contribution in [2.45, 2.75) is 52.6 Å². The largest absolute Gasteiger partial charge is 0.444 e. The van der Waals surface area contributed by atoms with Crippen molar-refractivity contribution in [3.8, 4) is 0 Å². The minimum absolute atomic E-state index is 0.149. The van der Waals surface area contributed by atoms with Crippen LogP contribution in [0.25, 0.3) is 0 Å². The van der Waals surface area contributed by atoms with Crippen molar-refractivity contribution >= 4 is 6.09 Å². The highest BCUT2D eigenvalue weighted by Gasteiger charge is 2.22. The van der Waals surface area contributed by atoms with Crippen LogP contribution >= 0.6 is 0 Å². The predicted molar refractivity (Wildman–Crippen MR) is 69.1 cm³/mol. The Balaban J connectivity index is 4.33. The molecule has 0 heterocycles. The summed E-state index contributed by atoms with van der Waals surface area (Å²) in [6.07, 6.45) is -1.27. The van der Waals surface area contributed by atoms with E-state index in [-0.39, 0.29) is 12.6 Å². The fourth-order valence-corrected chi connectivity index (χ4v) is 1.26. The number of carbonyl (C=O) groups is 1. The van der Waals surface area contributed by atoms with Gasteiger partial charge >= 0.3 is 6.09 Å². The normalized spacial score (nSPS) is 15.1. The Kier molecular flexibility index (Phi) is 7.20. The SMILES string of the molecule is CC(N)CN(CCOC(C)O)C(=O)OC(C)(C)C. The van der Waals surface area contributed by atoms with Gasteiger partial charge in [0.05, 0.1) is 6.61 Å². The van der Waals surface area contributed by atoms with Crippen LogP contribution in [0.2, 0.25) is 0 Å². The zero-order valence-corrected chi connectivity index (χ0v) is 12.0. The highest BCUT2D eigenvalue weighted by molar-refractivity contribution is 5.68. The molecule has 2 atom stereocenters.